The third-order valence-electron chi connectivity index (χ3n) is 3.49. The van der Waals surface area contributed by atoms with Crippen LogP contribution in [0.1, 0.15) is 45.4 Å². The van der Waals surface area contributed by atoms with Crippen molar-refractivity contribution in [2.45, 2.75) is 51.5 Å². The van der Waals surface area contributed by atoms with Crippen LogP contribution in [0.4, 0.5) is 4.79 Å². The van der Waals surface area contributed by atoms with Gasteiger partial charge in [-0.05, 0) is 25.2 Å². The molecule has 5 heteroatoms. The molecule has 1 unspecified atom stereocenters. The number of carboxylic acid groups (broad SMARTS) is 1. The summed E-state index contributed by atoms with van der Waals surface area (Å²) in [5.74, 6) is -0.236. The highest BCUT2D eigenvalue weighted by atomic mass is 16.4. The maximum atomic E-state index is 11.9. The highest BCUT2D eigenvalue weighted by Gasteiger charge is 2.23. The Morgan fingerprint density at radius 3 is 2.56 bits per heavy atom. The van der Waals surface area contributed by atoms with E-state index < -0.39 is 5.97 Å². The van der Waals surface area contributed by atoms with Gasteiger partial charge in [0.15, 0.2) is 0 Å². The van der Waals surface area contributed by atoms with E-state index in [0.29, 0.717) is 12.3 Å². The first-order chi connectivity index (χ1) is 8.52. The molecule has 0 spiro atoms. The van der Waals surface area contributed by atoms with Crippen LogP contribution in [-0.4, -0.2) is 41.6 Å². The lowest BCUT2D eigenvalue weighted by atomic mass is 9.85. The van der Waals surface area contributed by atoms with Gasteiger partial charge in [-0.15, -0.1) is 0 Å². The van der Waals surface area contributed by atoms with Crippen LogP contribution in [-0.2, 0) is 4.79 Å². The normalized spacial score (nSPS) is 16.8. The Morgan fingerprint density at radius 2 is 2.11 bits per heavy atom. The number of hydrogen-bond donors (Lipinski definition) is 2. The number of carbonyl (C=O) groups excluding carboxylic acids is 1. The SMILES string of the molecule is CCCC(CC(=O)O)NC(=O)N(C)CC1CCC1. The van der Waals surface area contributed by atoms with Gasteiger partial charge in [-0.3, -0.25) is 4.79 Å². The van der Waals surface area contributed by atoms with Gasteiger partial charge in [-0.25, -0.2) is 4.79 Å². The molecule has 1 atom stereocenters. The Hall–Kier alpha value is -1.26. The Morgan fingerprint density at radius 1 is 1.44 bits per heavy atom. The van der Waals surface area contributed by atoms with Gasteiger partial charge in [0.1, 0.15) is 0 Å². The Kier molecular flexibility index (Phi) is 5.95. The van der Waals surface area contributed by atoms with E-state index in [4.69, 9.17) is 5.11 Å². The summed E-state index contributed by atoms with van der Waals surface area (Å²) >= 11 is 0. The lowest BCUT2D eigenvalue weighted by Crippen LogP contribution is -2.46. The molecule has 1 aliphatic carbocycles. The standard InChI is InChI=1S/C13H24N2O3/c1-3-5-11(8-12(16)17)14-13(18)15(2)9-10-6-4-7-10/h10-11H,3-9H2,1-2H3,(H,14,18)(H,16,17). The van der Waals surface area contributed by atoms with E-state index in [1.165, 1.54) is 19.3 Å². The van der Waals surface area contributed by atoms with Crippen molar-refractivity contribution in [2.24, 2.45) is 5.92 Å². The molecule has 5 nitrogen and oxygen atoms in total. The lowest BCUT2D eigenvalue weighted by molar-refractivity contribution is -0.137. The van der Waals surface area contributed by atoms with Crippen LogP contribution in [0.25, 0.3) is 0 Å². The number of amides is 2. The number of urea groups is 1. The summed E-state index contributed by atoms with van der Waals surface area (Å²) in [5.41, 5.74) is 0. The summed E-state index contributed by atoms with van der Waals surface area (Å²) in [7, 11) is 1.78. The summed E-state index contributed by atoms with van der Waals surface area (Å²) in [6, 6.07) is -0.412. The minimum Gasteiger partial charge on any atom is -0.481 e. The van der Waals surface area contributed by atoms with Crippen LogP contribution in [0.5, 0.6) is 0 Å². The minimum atomic E-state index is -0.865. The van der Waals surface area contributed by atoms with Crippen LogP contribution in [0.2, 0.25) is 0 Å². The molecule has 0 heterocycles. The average Bonchev–Trinajstić information content (AvgIpc) is 2.22. The number of hydrogen-bond acceptors (Lipinski definition) is 2. The molecular formula is C13H24N2O3. The summed E-state index contributed by atoms with van der Waals surface area (Å²) in [4.78, 5) is 24.3. The molecule has 2 N–H and O–H groups in total. The van der Waals surface area contributed by atoms with Crippen molar-refractivity contribution < 1.29 is 14.7 Å². The molecule has 104 valence electrons. The predicted octanol–water partition coefficient (Wildman–Crippen LogP) is 2.07. The highest BCUT2D eigenvalue weighted by molar-refractivity contribution is 5.75. The predicted molar refractivity (Wildman–Crippen MR) is 69.5 cm³/mol. The van der Waals surface area contributed by atoms with Gasteiger partial charge in [0.25, 0.3) is 0 Å². The molecule has 0 saturated heterocycles. The van der Waals surface area contributed by atoms with E-state index in [1.807, 2.05) is 6.92 Å². The molecule has 1 rings (SSSR count). The van der Waals surface area contributed by atoms with E-state index in [1.54, 1.807) is 11.9 Å². The molecule has 1 saturated carbocycles. The quantitative estimate of drug-likeness (QED) is 0.732. The maximum absolute atomic E-state index is 11.9. The molecule has 1 fully saturated rings. The molecule has 0 aromatic heterocycles. The molecule has 18 heavy (non-hydrogen) atoms. The largest absolute Gasteiger partial charge is 0.481 e. The zero-order chi connectivity index (χ0) is 13.5. The van der Waals surface area contributed by atoms with Crippen molar-refractivity contribution in [2.75, 3.05) is 13.6 Å². The fourth-order valence-corrected chi connectivity index (χ4v) is 2.21. The van der Waals surface area contributed by atoms with Crippen LogP contribution < -0.4 is 5.32 Å². The van der Waals surface area contributed by atoms with Crippen molar-refractivity contribution in [3.63, 3.8) is 0 Å². The summed E-state index contributed by atoms with van der Waals surface area (Å²) in [6.45, 7) is 2.76. The van der Waals surface area contributed by atoms with Crippen LogP contribution >= 0.6 is 0 Å². The minimum absolute atomic E-state index is 0.00313. The first-order valence-electron chi connectivity index (χ1n) is 6.76. The molecular weight excluding hydrogens is 232 g/mol. The van der Waals surface area contributed by atoms with E-state index in [2.05, 4.69) is 5.32 Å². The van der Waals surface area contributed by atoms with Gasteiger partial charge in [0.05, 0.1) is 6.42 Å². The van der Waals surface area contributed by atoms with Gasteiger partial charge in [-0.1, -0.05) is 19.8 Å². The second kappa shape index (κ2) is 7.24. The molecule has 0 radical (unpaired) electrons. The summed E-state index contributed by atoms with van der Waals surface area (Å²) in [5, 5.41) is 11.6. The molecule has 0 bridgehead atoms. The van der Waals surface area contributed by atoms with Crippen molar-refractivity contribution in [3.05, 3.63) is 0 Å². The molecule has 0 aliphatic heterocycles. The van der Waals surface area contributed by atoms with Crippen LogP contribution in [0.15, 0.2) is 0 Å². The number of aliphatic carboxylic acids is 1. The smallest absolute Gasteiger partial charge is 0.317 e. The van der Waals surface area contributed by atoms with Crippen LogP contribution in [0, 0.1) is 5.92 Å². The zero-order valence-electron chi connectivity index (χ0n) is 11.3. The Bertz CT molecular complexity index is 290. The van der Waals surface area contributed by atoms with E-state index in [0.717, 1.165) is 13.0 Å². The first kappa shape index (κ1) is 14.8. The third-order valence-corrected chi connectivity index (χ3v) is 3.49. The van der Waals surface area contributed by atoms with Crippen molar-refractivity contribution in [3.8, 4) is 0 Å². The maximum Gasteiger partial charge on any atom is 0.317 e. The second-order valence-electron chi connectivity index (χ2n) is 5.21. The molecule has 1 aliphatic rings. The fraction of sp³-hybridized carbons (Fsp3) is 0.846. The lowest BCUT2D eigenvalue weighted by Gasteiger charge is -2.31. The summed E-state index contributed by atoms with van der Waals surface area (Å²) < 4.78 is 0. The topological polar surface area (TPSA) is 69.6 Å². The Labute approximate surface area is 109 Å². The van der Waals surface area contributed by atoms with E-state index in [-0.39, 0.29) is 18.5 Å². The number of nitrogens with zero attached hydrogens (tertiary/aromatic N) is 1. The fourth-order valence-electron chi connectivity index (χ4n) is 2.21. The van der Waals surface area contributed by atoms with Crippen LogP contribution in [0.3, 0.4) is 0 Å². The van der Waals surface area contributed by atoms with Crippen molar-refractivity contribution >= 4 is 12.0 Å². The van der Waals surface area contributed by atoms with Gasteiger partial charge < -0.3 is 15.3 Å². The monoisotopic (exact) mass is 256 g/mol. The second-order valence-corrected chi connectivity index (χ2v) is 5.21. The molecule has 2 amide bonds. The van der Waals surface area contributed by atoms with Crippen molar-refractivity contribution in [1.82, 2.24) is 10.2 Å². The molecule has 0 aromatic carbocycles. The zero-order valence-corrected chi connectivity index (χ0v) is 11.3. The average molecular weight is 256 g/mol. The van der Waals surface area contributed by atoms with Gasteiger partial charge in [0.2, 0.25) is 0 Å². The first-order valence-corrected chi connectivity index (χ1v) is 6.76. The highest BCUT2D eigenvalue weighted by Crippen LogP contribution is 2.26. The third kappa shape index (κ3) is 4.94. The van der Waals surface area contributed by atoms with Crippen molar-refractivity contribution in [1.29, 1.82) is 0 Å². The number of carbonyl (C=O) groups is 2. The van der Waals surface area contributed by atoms with E-state index in [9.17, 15) is 9.59 Å². The number of carboxylic acids is 1. The van der Waals surface area contributed by atoms with Gasteiger partial charge in [-0.2, -0.15) is 0 Å². The number of rotatable bonds is 7. The van der Waals surface area contributed by atoms with Gasteiger partial charge >= 0.3 is 12.0 Å². The molecule has 0 aromatic rings. The van der Waals surface area contributed by atoms with Gasteiger partial charge in [0, 0.05) is 19.6 Å². The Balaban J connectivity index is 2.35. The summed E-state index contributed by atoms with van der Waals surface area (Å²) in [6.07, 6.45) is 5.23. The number of nitrogens with one attached hydrogen (secondary N) is 1. The van der Waals surface area contributed by atoms with E-state index >= 15 is 0 Å².